The number of carbonyl (C=O) groups excluding carboxylic acids is 1. The number of amides is 1. The molecule has 0 unspecified atom stereocenters. The molecule has 0 saturated heterocycles. The smallest absolute Gasteiger partial charge is 0.275 e. The van der Waals surface area contributed by atoms with Gasteiger partial charge >= 0.3 is 0 Å². The number of likely N-dealkylation sites (N-methyl/N-ethyl adjacent to an activating group) is 1. The molecular formula is C22H20ClN5O3S. The Kier molecular flexibility index (Phi) is 5.64. The number of ether oxygens (including phenoxy) is 2. The fraction of sp³-hybridized carbons (Fsp3) is 0.273. The van der Waals surface area contributed by atoms with Gasteiger partial charge in [-0.1, -0.05) is 0 Å². The molecule has 32 heavy (non-hydrogen) atoms. The monoisotopic (exact) mass is 469 g/mol. The molecule has 1 amide bonds. The normalized spacial score (nSPS) is 14.4. The van der Waals surface area contributed by atoms with Crippen LogP contribution in [0.25, 0.3) is 21.0 Å². The van der Waals surface area contributed by atoms with Gasteiger partial charge in [-0.3, -0.25) is 10.2 Å². The van der Waals surface area contributed by atoms with Crippen LogP contribution in [0.2, 0.25) is 5.28 Å². The third-order valence-corrected chi connectivity index (χ3v) is 6.63. The number of nitrogens with zero attached hydrogens (tertiary/aromatic N) is 4. The van der Waals surface area contributed by atoms with E-state index in [2.05, 4.69) is 20.4 Å². The first-order chi connectivity index (χ1) is 15.5. The minimum atomic E-state index is -0.0651. The number of fused-ring (bicyclic) bond motifs is 5. The molecule has 164 valence electrons. The Morgan fingerprint density at radius 2 is 2.12 bits per heavy atom. The summed E-state index contributed by atoms with van der Waals surface area (Å²) >= 11 is 7.48. The summed E-state index contributed by atoms with van der Waals surface area (Å²) in [5.41, 5.74) is 5.43. The summed E-state index contributed by atoms with van der Waals surface area (Å²) in [4.78, 5) is 26.2. The van der Waals surface area contributed by atoms with Crippen molar-refractivity contribution in [3.05, 3.63) is 51.7 Å². The van der Waals surface area contributed by atoms with Crippen molar-refractivity contribution in [2.45, 2.75) is 20.0 Å². The topological polar surface area (TPSA) is 89.5 Å². The second-order valence-corrected chi connectivity index (χ2v) is 8.78. The van der Waals surface area contributed by atoms with Crippen LogP contribution in [0.5, 0.6) is 11.8 Å². The first kappa shape index (κ1) is 21.0. The van der Waals surface area contributed by atoms with Gasteiger partial charge in [-0.05, 0) is 48.7 Å². The maximum atomic E-state index is 12.6. The summed E-state index contributed by atoms with van der Waals surface area (Å²) in [6.07, 6.45) is 2.37. The molecule has 0 radical (unpaired) electrons. The molecular weight excluding hydrogens is 450 g/mol. The number of carbonyl (C=O) groups is 1. The molecule has 5 rings (SSSR count). The lowest BCUT2D eigenvalue weighted by Gasteiger charge is -2.13. The third-order valence-electron chi connectivity index (χ3n) is 5.25. The maximum absolute atomic E-state index is 12.6. The number of hydrogen-bond donors (Lipinski definition) is 1. The number of hydrazine groups is 1. The molecule has 3 aromatic heterocycles. The quantitative estimate of drug-likeness (QED) is 0.434. The molecule has 4 heterocycles. The van der Waals surface area contributed by atoms with E-state index in [1.54, 1.807) is 12.3 Å². The number of pyridine rings is 1. The first-order valence-electron chi connectivity index (χ1n) is 10.2. The Labute approximate surface area is 193 Å². The predicted octanol–water partition coefficient (Wildman–Crippen LogP) is 4.35. The molecule has 4 aromatic rings. The number of aromatic nitrogens is 3. The molecule has 0 saturated carbocycles. The van der Waals surface area contributed by atoms with Crippen molar-refractivity contribution >= 4 is 49.8 Å². The van der Waals surface area contributed by atoms with Crippen LogP contribution in [0, 0.1) is 0 Å². The van der Waals surface area contributed by atoms with Crippen LogP contribution in [-0.4, -0.2) is 46.1 Å². The zero-order chi connectivity index (χ0) is 22.2. The van der Waals surface area contributed by atoms with Gasteiger partial charge in [0, 0.05) is 47.9 Å². The second kappa shape index (κ2) is 8.59. The maximum Gasteiger partial charge on any atom is 0.275 e. The number of rotatable bonds is 5. The van der Waals surface area contributed by atoms with Crippen LogP contribution in [0.15, 0.2) is 30.5 Å². The number of benzene rings is 1. The van der Waals surface area contributed by atoms with Crippen molar-refractivity contribution in [3.63, 3.8) is 0 Å². The van der Waals surface area contributed by atoms with E-state index >= 15 is 0 Å². The van der Waals surface area contributed by atoms with Crippen LogP contribution in [-0.2, 0) is 17.8 Å². The minimum Gasteiger partial charge on any atom is -0.420 e. The molecule has 0 atom stereocenters. The van der Waals surface area contributed by atoms with E-state index in [1.165, 1.54) is 11.3 Å². The molecule has 1 N–H and O–H groups in total. The van der Waals surface area contributed by atoms with Gasteiger partial charge in [0.25, 0.3) is 5.91 Å². The van der Waals surface area contributed by atoms with Crippen molar-refractivity contribution in [1.29, 1.82) is 0 Å². The lowest BCUT2D eigenvalue weighted by Crippen LogP contribution is -2.37. The Hall–Kier alpha value is -2.85. The minimum absolute atomic E-state index is 0.0651. The summed E-state index contributed by atoms with van der Waals surface area (Å²) in [6, 6.07) is 7.73. The number of nitrogens with one attached hydrogen (secondary N) is 1. The highest BCUT2D eigenvalue weighted by atomic mass is 35.5. The van der Waals surface area contributed by atoms with Crippen molar-refractivity contribution in [3.8, 4) is 11.8 Å². The summed E-state index contributed by atoms with van der Waals surface area (Å²) in [6.45, 7) is 3.53. The lowest BCUT2D eigenvalue weighted by molar-refractivity contribution is 0.0846. The molecule has 1 aliphatic heterocycles. The van der Waals surface area contributed by atoms with Gasteiger partial charge < -0.3 is 9.47 Å². The second-order valence-electron chi connectivity index (χ2n) is 7.39. The van der Waals surface area contributed by atoms with Crippen LogP contribution in [0.3, 0.4) is 0 Å². The number of hydrogen-bond acceptors (Lipinski definition) is 8. The third kappa shape index (κ3) is 3.88. The highest BCUT2D eigenvalue weighted by Crippen LogP contribution is 2.38. The van der Waals surface area contributed by atoms with Crippen molar-refractivity contribution in [2.24, 2.45) is 0 Å². The van der Waals surface area contributed by atoms with E-state index in [1.807, 2.05) is 37.2 Å². The van der Waals surface area contributed by atoms with Crippen molar-refractivity contribution in [1.82, 2.24) is 25.4 Å². The Bertz CT molecular complexity index is 1340. The molecule has 10 heteroatoms. The largest absolute Gasteiger partial charge is 0.420 e. The fourth-order valence-corrected chi connectivity index (χ4v) is 5.04. The molecule has 1 aliphatic rings. The van der Waals surface area contributed by atoms with E-state index < -0.39 is 0 Å². The van der Waals surface area contributed by atoms with E-state index in [4.69, 9.17) is 21.1 Å². The van der Waals surface area contributed by atoms with E-state index in [0.717, 1.165) is 44.4 Å². The zero-order valence-corrected chi connectivity index (χ0v) is 19.1. The van der Waals surface area contributed by atoms with Gasteiger partial charge in [0.1, 0.15) is 0 Å². The molecule has 0 aliphatic carbocycles. The number of thiophene rings is 1. The van der Waals surface area contributed by atoms with Gasteiger partial charge in [-0.25, -0.2) is 15.0 Å². The molecule has 8 nitrogen and oxygen atoms in total. The first-order valence-corrected chi connectivity index (χ1v) is 11.4. The van der Waals surface area contributed by atoms with Crippen LogP contribution < -0.4 is 10.2 Å². The fourth-order valence-electron chi connectivity index (χ4n) is 3.75. The van der Waals surface area contributed by atoms with Crippen LogP contribution in [0.1, 0.15) is 27.7 Å². The van der Waals surface area contributed by atoms with Gasteiger partial charge in [0.05, 0.1) is 22.6 Å². The van der Waals surface area contributed by atoms with Gasteiger partial charge in [-0.15, -0.1) is 11.3 Å². The Morgan fingerprint density at radius 1 is 1.25 bits per heavy atom. The summed E-state index contributed by atoms with van der Waals surface area (Å²) < 4.78 is 12.5. The molecule has 1 aromatic carbocycles. The van der Waals surface area contributed by atoms with E-state index in [0.29, 0.717) is 30.5 Å². The zero-order valence-electron chi connectivity index (χ0n) is 17.5. The summed E-state index contributed by atoms with van der Waals surface area (Å²) in [5.74, 6) is 0.642. The summed E-state index contributed by atoms with van der Waals surface area (Å²) in [5, 5.41) is 3.98. The van der Waals surface area contributed by atoms with Gasteiger partial charge in [0.2, 0.25) is 17.0 Å². The highest BCUT2D eigenvalue weighted by Gasteiger charge is 2.24. The van der Waals surface area contributed by atoms with Gasteiger partial charge in [-0.2, -0.15) is 4.98 Å². The van der Waals surface area contributed by atoms with E-state index in [9.17, 15) is 4.79 Å². The predicted molar refractivity (Wildman–Crippen MR) is 123 cm³/mol. The van der Waals surface area contributed by atoms with Crippen LogP contribution in [0.4, 0.5) is 0 Å². The average molecular weight is 470 g/mol. The molecule has 0 bridgehead atoms. The van der Waals surface area contributed by atoms with Crippen LogP contribution >= 0.6 is 22.9 Å². The Balaban J connectivity index is 1.55. The van der Waals surface area contributed by atoms with E-state index in [-0.39, 0.29) is 11.2 Å². The highest BCUT2D eigenvalue weighted by molar-refractivity contribution is 7.21. The molecule has 0 fully saturated rings. The number of halogens is 1. The SMILES string of the molecule is CCOCc1cnc(Cl)nc1Oc1ccc2c(ccc3sc4c(c32)CCN(C)NC4=O)n1. The molecule has 0 spiro atoms. The van der Waals surface area contributed by atoms with Gasteiger partial charge in [0.15, 0.2) is 0 Å². The Morgan fingerprint density at radius 3 is 2.97 bits per heavy atom. The standard InChI is InChI=1S/C22H20ClN5O3S/c1-3-30-11-12-10-24-22(23)26-21(12)31-17-7-4-13-15(25-17)5-6-16-18(13)14-8-9-28(2)27-20(29)19(14)32-16/h4-7,10H,3,8-9,11H2,1-2H3,(H,27,29). The average Bonchev–Trinajstić information content (AvgIpc) is 3.09. The van der Waals surface area contributed by atoms with Crippen molar-refractivity contribution < 1.29 is 14.3 Å². The lowest BCUT2D eigenvalue weighted by atomic mass is 10.0. The summed E-state index contributed by atoms with van der Waals surface area (Å²) in [7, 11) is 1.87. The van der Waals surface area contributed by atoms with Crippen molar-refractivity contribution in [2.75, 3.05) is 20.2 Å².